The summed E-state index contributed by atoms with van der Waals surface area (Å²) in [5.41, 5.74) is 1.19. The second-order valence-electron chi connectivity index (χ2n) is 5.17. The molecule has 1 aliphatic carbocycles. The van der Waals surface area contributed by atoms with Gasteiger partial charge in [-0.05, 0) is 36.1 Å². The molecule has 1 aromatic carbocycles. The van der Waals surface area contributed by atoms with Crippen molar-refractivity contribution in [2.45, 2.75) is 12.3 Å². The van der Waals surface area contributed by atoms with Crippen LogP contribution in [0.2, 0.25) is 0 Å². The number of nitrogens with one attached hydrogen (secondary N) is 1. The van der Waals surface area contributed by atoms with Crippen molar-refractivity contribution in [1.29, 1.82) is 0 Å². The third-order valence-electron chi connectivity index (χ3n) is 3.57. The average Bonchev–Trinajstić information content (AvgIpc) is 3.33. The Morgan fingerprint density at radius 2 is 2.14 bits per heavy atom. The van der Waals surface area contributed by atoms with Crippen LogP contribution >= 0.6 is 15.9 Å². The summed E-state index contributed by atoms with van der Waals surface area (Å²) in [4.78, 5) is 20.1. The number of carbonyl (C=O) groups excluding carboxylic acids is 1. The summed E-state index contributed by atoms with van der Waals surface area (Å²) < 4.78 is 6.34. The van der Waals surface area contributed by atoms with E-state index in [0.717, 1.165) is 10.9 Å². The average molecular weight is 362 g/mol. The fourth-order valence-electron chi connectivity index (χ4n) is 2.37. The molecule has 5 nitrogen and oxygen atoms in total. The van der Waals surface area contributed by atoms with E-state index < -0.39 is 0 Å². The van der Waals surface area contributed by atoms with Gasteiger partial charge in [0, 0.05) is 16.9 Å². The van der Waals surface area contributed by atoms with Gasteiger partial charge in [-0.15, -0.1) is 0 Å². The van der Waals surface area contributed by atoms with Gasteiger partial charge in [-0.25, -0.2) is 9.97 Å². The lowest BCUT2D eigenvalue weighted by molar-refractivity contribution is -0.144. The van der Waals surface area contributed by atoms with E-state index in [1.165, 1.54) is 5.56 Å². The minimum absolute atomic E-state index is 0.0118. The Balaban J connectivity index is 1.40. The molecule has 0 amide bonds. The van der Waals surface area contributed by atoms with Crippen molar-refractivity contribution in [1.82, 2.24) is 9.97 Å². The molecule has 0 radical (unpaired) electrons. The first-order chi connectivity index (χ1) is 10.7. The number of aromatic nitrogens is 2. The number of hydrogen-bond donors (Lipinski definition) is 1. The highest BCUT2D eigenvalue weighted by molar-refractivity contribution is 9.10. The van der Waals surface area contributed by atoms with Crippen molar-refractivity contribution in [3.8, 4) is 0 Å². The monoisotopic (exact) mass is 361 g/mol. The first-order valence-electron chi connectivity index (χ1n) is 7.17. The van der Waals surface area contributed by atoms with E-state index >= 15 is 0 Å². The number of hydrogen-bond acceptors (Lipinski definition) is 5. The number of halogens is 1. The summed E-state index contributed by atoms with van der Waals surface area (Å²) in [6.07, 6.45) is 4.19. The van der Waals surface area contributed by atoms with Gasteiger partial charge in [-0.2, -0.15) is 0 Å². The topological polar surface area (TPSA) is 64.1 Å². The number of anilines is 1. The smallest absolute Gasteiger partial charge is 0.309 e. The summed E-state index contributed by atoms with van der Waals surface area (Å²) in [6.45, 7) is 0.822. The molecule has 1 heterocycles. The van der Waals surface area contributed by atoms with Gasteiger partial charge in [0.05, 0.1) is 12.5 Å². The lowest BCUT2D eigenvalue weighted by atomic mass is 10.1. The van der Waals surface area contributed by atoms with Crippen molar-refractivity contribution >= 4 is 27.8 Å². The Kier molecular flexibility index (Phi) is 4.68. The van der Waals surface area contributed by atoms with Crippen molar-refractivity contribution < 1.29 is 9.53 Å². The zero-order valence-electron chi connectivity index (χ0n) is 11.9. The minimum Gasteiger partial charge on any atom is -0.464 e. The van der Waals surface area contributed by atoms with Gasteiger partial charge in [0.15, 0.2) is 0 Å². The SMILES string of the molecule is O=C(OCCNc1ncccn1)[C@@H]1C[C@@H]1c1cccc(Br)c1. The molecule has 1 aromatic heterocycles. The second kappa shape index (κ2) is 6.87. The highest BCUT2D eigenvalue weighted by Gasteiger charge is 2.45. The van der Waals surface area contributed by atoms with E-state index in [0.29, 0.717) is 19.1 Å². The highest BCUT2D eigenvalue weighted by Crippen LogP contribution is 2.48. The largest absolute Gasteiger partial charge is 0.464 e. The Morgan fingerprint density at radius 3 is 2.91 bits per heavy atom. The predicted molar refractivity (Wildman–Crippen MR) is 86.5 cm³/mol. The first-order valence-corrected chi connectivity index (χ1v) is 7.96. The quantitative estimate of drug-likeness (QED) is 0.632. The molecule has 3 rings (SSSR count). The number of ether oxygens (including phenoxy) is 1. The molecule has 0 bridgehead atoms. The number of esters is 1. The molecule has 22 heavy (non-hydrogen) atoms. The molecule has 1 N–H and O–H groups in total. The summed E-state index contributed by atoms with van der Waals surface area (Å²) in [5.74, 6) is 0.690. The van der Waals surface area contributed by atoms with Crippen LogP contribution in [0.15, 0.2) is 47.2 Å². The van der Waals surface area contributed by atoms with Gasteiger partial charge in [-0.3, -0.25) is 4.79 Å². The van der Waals surface area contributed by atoms with Gasteiger partial charge < -0.3 is 10.1 Å². The molecule has 0 saturated heterocycles. The summed E-state index contributed by atoms with van der Waals surface area (Å²) in [5, 5.41) is 3.00. The maximum Gasteiger partial charge on any atom is 0.309 e. The zero-order valence-corrected chi connectivity index (χ0v) is 13.5. The van der Waals surface area contributed by atoms with E-state index in [9.17, 15) is 4.79 Å². The van der Waals surface area contributed by atoms with Crippen LogP contribution < -0.4 is 5.32 Å². The number of benzene rings is 1. The summed E-state index contributed by atoms with van der Waals surface area (Å²) in [7, 11) is 0. The van der Waals surface area contributed by atoms with Gasteiger partial charge in [0.1, 0.15) is 6.61 Å². The van der Waals surface area contributed by atoms with E-state index in [2.05, 4.69) is 43.3 Å². The highest BCUT2D eigenvalue weighted by atomic mass is 79.9. The Morgan fingerprint density at radius 1 is 1.32 bits per heavy atom. The number of rotatable bonds is 6. The lowest BCUT2D eigenvalue weighted by Gasteiger charge is -2.06. The predicted octanol–water partition coefficient (Wildman–Crippen LogP) is 3.00. The lowest BCUT2D eigenvalue weighted by Crippen LogP contribution is -2.16. The second-order valence-corrected chi connectivity index (χ2v) is 6.09. The molecule has 0 aliphatic heterocycles. The Bertz CT molecular complexity index is 651. The Hall–Kier alpha value is -1.95. The maximum atomic E-state index is 12.0. The van der Waals surface area contributed by atoms with Crippen molar-refractivity contribution in [3.63, 3.8) is 0 Å². The van der Waals surface area contributed by atoms with Crippen molar-refractivity contribution in [3.05, 3.63) is 52.8 Å². The molecule has 0 unspecified atom stereocenters. The van der Waals surface area contributed by atoms with Crippen LogP contribution in [0, 0.1) is 5.92 Å². The fraction of sp³-hybridized carbons (Fsp3) is 0.312. The summed E-state index contributed by atoms with van der Waals surface area (Å²) in [6, 6.07) is 9.84. The van der Waals surface area contributed by atoms with Crippen LogP contribution in [0.1, 0.15) is 17.9 Å². The molecule has 1 aliphatic rings. The minimum atomic E-state index is -0.124. The van der Waals surface area contributed by atoms with E-state index in [1.54, 1.807) is 18.5 Å². The summed E-state index contributed by atoms with van der Waals surface area (Å²) >= 11 is 3.45. The zero-order chi connectivity index (χ0) is 15.4. The van der Waals surface area contributed by atoms with Crippen LogP contribution in [0.5, 0.6) is 0 Å². The molecule has 6 heteroatoms. The van der Waals surface area contributed by atoms with Gasteiger partial charge in [0.2, 0.25) is 5.95 Å². The molecule has 2 aromatic rings. The van der Waals surface area contributed by atoms with Crippen molar-refractivity contribution in [2.75, 3.05) is 18.5 Å². The molecule has 0 spiro atoms. The van der Waals surface area contributed by atoms with Crippen LogP contribution in [0.3, 0.4) is 0 Å². The van der Waals surface area contributed by atoms with Crippen LogP contribution in [-0.2, 0) is 9.53 Å². The number of nitrogens with zero attached hydrogens (tertiary/aromatic N) is 2. The molecule has 1 saturated carbocycles. The van der Waals surface area contributed by atoms with E-state index in [1.807, 2.05) is 12.1 Å². The fourth-order valence-corrected chi connectivity index (χ4v) is 2.79. The molecular formula is C16H16BrN3O2. The van der Waals surface area contributed by atoms with Crippen LogP contribution in [0.4, 0.5) is 5.95 Å². The third-order valence-corrected chi connectivity index (χ3v) is 4.06. The van der Waals surface area contributed by atoms with Crippen LogP contribution in [-0.4, -0.2) is 29.1 Å². The molecule has 114 valence electrons. The van der Waals surface area contributed by atoms with Gasteiger partial charge in [-0.1, -0.05) is 28.1 Å². The van der Waals surface area contributed by atoms with Crippen molar-refractivity contribution in [2.24, 2.45) is 5.92 Å². The Labute approximate surface area is 137 Å². The molecular weight excluding hydrogens is 346 g/mol. The number of carbonyl (C=O) groups is 1. The van der Waals surface area contributed by atoms with Crippen LogP contribution in [0.25, 0.3) is 0 Å². The first kappa shape index (κ1) is 15.0. The van der Waals surface area contributed by atoms with E-state index in [-0.39, 0.29) is 17.8 Å². The van der Waals surface area contributed by atoms with Gasteiger partial charge in [0.25, 0.3) is 0 Å². The molecule has 2 atom stereocenters. The molecule has 1 fully saturated rings. The third kappa shape index (κ3) is 3.82. The van der Waals surface area contributed by atoms with E-state index in [4.69, 9.17) is 4.74 Å². The van der Waals surface area contributed by atoms with Gasteiger partial charge >= 0.3 is 5.97 Å². The standard InChI is InChI=1S/C16H16BrN3O2/c17-12-4-1-3-11(9-12)13-10-14(13)15(21)22-8-7-20-16-18-5-2-6-19-16/h1-6,9,13-14H,7-8,10H2,(H,18,19,20)/t13-,14-/m1/s1. The maximum absolute atomic E-state index is 12.0. The normalized spacial score (nSPS) is 19.5.